The molecular formula is C24H20N4O6S. The number of carboxylic acid groups (broad SMARTS) is 1. The number of aromatic amines is 1. The number of aromatic carboxylic acids is 1. The van der Waals surface area contributed by atoms with Gasteiger partial charge >= 0.3 is 0 Å². The number of anilines is 1. The first-order valence-electron chi connectivity index (χ1n) is 10.4. The summed E-state index contributed by atoms with van der Waals surface area (Å²) in [5, 5.41) is 18.3. The quantitative estimate of drug-likeness (QED) is 0.316. The monoisotopic (exact) mass is 492 g/mol. The number of carbonyl (C=O) groups is 3. The van der Waals surface area contributed by atoms with E-state index in [9.17, 15) is 24.3 Å². The van der Waals surface area contributed by atoms with Crippen LogP contribution in [-0.4, -0.2) is 34.9 Å². The molecule has 3 N–H and O–H groups in total. The zero-order valence-corrected chi connectivity index (χ0v) is 19.3. The van der Waals surface area contributed by atoms with Crippen molar-refractivity contribution in [3.8, 4) is 5.75 Å². The summed E-state index contributed by atoms with van der Waals surface area (Å²) in [6.07, 6.45) is 0. The Hall–Kier alpha value is -4.51. The summed E-state index contributed by atoms with van der Waals surface area (Å²) >= 11 is 0. The molecule has 178 valence electrons. The van der Waals surface area contributed by atoms with Gasteiger partial charge in [0.15, 0.2) is 0 Å². The number of H-pyrrole nitrogens is 1. The predicted molar refractivity (Wildman–Crippen MR) is 128 cm³/mol. The van der Waals surface area contributed by atoms with Crippen LogP contribution in [0.3, 0.4) is 0 Å². The van der Waals surface area contributed by atoms with Crippen LogP contribution in [-0.2, 0) is 17.1 Å². The highest BCUT2D eigenvalue weighted by molar-refractivity contribution is 7.36. The van der Waals surface area contributed by atoms with Crippen molar-refractivity contribution in [3.05, 3.63) is 87.3 Å². The molecule has 0 aliphatic carbocycles. The molecule has 2 amide bonds. The number of aromatic nitrogens is 2. The Morgan fingerprint density at radius 1 is 1.11 bits per heavy atom. The van der Waals surface area contributed by atoms with Crippen LogP contribution < -0.4 is 26.0 Å². The lowest BCUT2D eigenvalue weighted by Gasteiger charge is -2.06. The smallest absolute Gasteiger partial charge is 0.287 e. The lowest BCUT2D eigenvalue weighted by atomic mass is 10.2. The molecule has 0 aliphatic rings. The van der Waals surface area contributed by atoms with Gasteiger partial charge in [0.2, 0.25) is 11.6 Å². The Morgan fingerprint density at radius 3 is 2.60 bits per heavy atom. The van der Waals surface area contributed by atoms with Gasteiger partial charge < -0.3 is 30.3 Å². The fourth-order valence-electron chi connectivity index (χ4n) is 3.32. The van der Waals surface area contributed by atoms with Gasteiger partial charge in [-0.1, -0.05) is 24.3 Å². The largest absolute Gasteiger partial charge is 0.545 e. The highest BCUT2D eigenvalue weighted by Crippen LogP contribution is 2.29. The first-order chi connectivity index (χ1) is 16.8. The minimum Gasteiger partial charge on any atom is -0.545 e. The molecule has 0 bridgehead atoms. The third-order valence-corrected chi connectivity index (χ3v) is 6.91. The number of carboxylic acids is 1. The van der Waals surface area contributed by atoms with Crippen LogP contribution in [0.4, 0.5) is 5.69 Å². The van der Waals surface area contributed by atoms with Crippen molar-refractivity contribution in [2.24, 2.45) is 0 Å². The summed E-state index contributed by atoms with van der Waals surface area (Å²) in [7, 11) is 0.727. The summed E-state index contributed by atoms with van der Waals surface area (Å²) in [6.45, 7) is 0.208. The zero-order valence-electron chi connectivity index (χ0n) is 18.5. The highest BCUT2D eigenvalue weighted by Gasteiger charge is 2.23. The fourth-order valence-corrected chi connectivity index (χ4v) is 4.99. The molecule has 0 saturated carbocycles. The Labute approximate surface area is 201 Å². The lowest BCUT2D eigenvalue weighted by Crippen LogP contribution is -2.27. The predicted octanol–water partition coefficient (Wildman–Crippen LogP) is 1.61. The Kier molecular flexibility index (Phi) is 6.88. The van der Waals surface area contributed by atoms with Gasteiger partial charge in [0, 0.05) is 28.8 Å². The van der Waals surface area contributed by atoms with Gasteiger partial charge in [-0.05, 0) is 35.4 Å². The molecule has 2 aromatic heterocycles. The van der Waals surface area contributed by atoms with Gasteiger partial charge in [0.25, 0.3) is 22.2 Å². The molecule has 1 unspecified atom stereocenters. The first-order valence-corrected chi connectivity index (χ1v) is 11.8. The van der Waals surface area contributed by atoms with Gasteiger partial charge in [0.05, 0.1) is 13.1 Å². The first kappa shape index (κ1) is 23.6. The standard InChI is InChI=1S/C24H20N4O6S/c1-34-17-4-2-3-14(11-17)12-25-22(31)20-27-21(30)18-9-10-35(23(18)28-20)13-19(29)26-16-7-5-15(6-8-16)24(32)33/h2-11H,12-13H2,1H3,(H3-,25,26,27,28,29,30,31,32,33). The number of ether oxygens (including phenoxy) is 1. The zero-order chi connectivity index (χ0) is 24.9. The second kappa shape index (κ2) is 10.2. The van der Waals surface area contributed by atoms with Crippen molar-refractivity contribution < 1.29 is 24.2 Å². The van der Waals surface area contributed by atoms with Crippen molar-refractivity contribution >= 4 is 44.2 Å². The molecule has 0 fully saturated rings. The van der Waals surface area contributed by atoms with E-state index in [2.05, 4.69) is 20.6 Å². The number of nitrogens with zero attached hydrogens (tertiary/aromatic N) is 1. The molecule has 4 rings (SSSR count). The number of nitrogens with one attached hydrogen (secondary N) is 3. The maximum atomic E-state index is 12.7. The average Bonchev–Trinajstić information content (AvgIpc) is 3.26. The van der Waals surface area contributed by atoms with Crippen LogP contribution in [0, 0.1) is 0 Å². The van der Waals surface area contributed by atoms with Gasteiger partial charge in [-0.15, -0.1) is 0 Å². The summed E-state index contributed by atoms with van der Waals surface area (Å²) in [6, 6.07) is 14.4. The van der Waals surface area contributed by atoms with Crippen LogP contribution in [0.2, 0.25) is 0 Å². The van der Waals surface area contributed by atoms with Crippen LogP contribution in [0.25, 0.3) is 10.2 Å². The number of rotatable bonds is 8. The van der Waals surface area contributed by atoms with E-state index in [1.54, 1.807) is 36.8 Å². The minimum atomic E-state index is -1.31. The van der Waals surface area contributed by atoms with Crippen LogP contribution in [0.1, 0.15) is 26.5 Å². The van der Waals surface area contributed by atoms with E-state index < -0.39 is 27.9 Å². The Balaban J connectivity index is 1.48. The van der Waals surface area contributed by atoms with Crippen molar-refractivity contribution in [1.29, 1.82) is 0 Å². The topological polar surface area (TPSA) is 153 Å². The van der Waals surface area contributed by atoms with Crippen molar-refractivity contribution in [1.82, 2.24) is 15.3 Å². The van der Waals surface area contributed by atoms with Crippen molar-refractivity contribution in [2.75, 3.05) is 12.4 Å². The minimum absolute atomic E-state index is 0.00170. The summed E-state index contributed by atoms with van der Waals surface area (Å²) in [4.78, 5) is 55.7. The van der Waals surface area contributed by atoms with Crippen LogP contribution >= 0.6 is 10.5 Å². The second-order valence-corrected chi connectivity index (χ2v) is 9.26. The van der Waals surface area contributed by atoms with E-state index >= 15 is 0 Å². The van der Waals surface area contributed by atoms with Gasteiger partial charge in [-0.25, -0.2) is 0 Å². The highest BCUT2D eigenvalue weighted by atomic mass is 32.2. The molecule has 35 heavy (non-hydrogen) atoms. The molecule has 2 heterocycles. The summed E-state index contributed by atoms with van der Waals surface area (Å²) in [5.74, 6) is -1.69. The van der Waals surface area contributed by atoms with Gasteiger partial charge in [-0.3, -0.25) is 14.4 Å². The maximum Gasteiger partial charge on any atom is 0.287 e. The molecule has 11 heteroatoms. The molecule has 0 spiro atoms. The second-order valence-electron chi connectivity index (χ2n) is 7.46. The number of methoxy groups -OCH3 is 1. The summed E-state index contributed by atoms with van der Waals surface area (Å²) in [5.41, 5.74) is 0.764. The molecule has 2 aromatic carbocycles. The fraction of sp³-hybridized carbons (Fsp3) is 0.125. The molecule has 0 saturated heterocycles. The molecular weight excluding hydrogens is 472 g/mol. The Bertz CT molecular complexity index is 1480. The van der Waals surface area contributed by atoms with E-state index in [0.717, 1.165) is 5.56 Å². The summed E-state index contributed by atoms with van der Waals surface area (Å²) < 4.78 is 5.17. The van der Waals surface area contributed by atoms with Crippen LogP contribution in [0.5, 0.6) is 5.75 Å². The molecule has 0 radical (unpaired) electrons. The van der Waals surface area contributed by atoms with E-state index in [-0.39, 0.29) is 29.6 Å². The third kappa shape index (κ3) is 5.53. The third-order valence-electron chi connectivity index (χ3n) is 5.06. The number of thiophene rings is 1. The molecule has 0 aliphatic heterocycles. The molecule has 4 aromatic rings. The van der Waals surface area contributed by atoms with E-state index in [1.807, 2.05) is 6.07 Å². The van der Waals surface area contributed by atoms with Crippen molar-refractivity contribution in [3.63, 3.8) is 0 Å². The average molecular weight is 493 g/mol. The number of benzene rings is 2. The van der Waals surface area contributed by atoms with Crippen LogP contribution in [0.15, 0.2) is 64.8 Å². The maximum absolute atomic E-state index is 12.7. The number of fused-ring (bicyclic) bond motifs is 1. The Morgan fingerprint density at radius 2 is 1.89 bits per heavy atom. The van der Waals surface area contributed by atoms with Gasteiger partial charge in [0.1, 0.15) is 16.5 Å². The molecule has 10 nitrogen and oxygen atoms in total. The number of hydrogen-bond acceptors (Lipinski definition) is 7. The normalized spacial score (nSPS) is 11.2. The SMILES string of the molecule is COc1cccc(CNC(=O)c2nc3c(cc[s+]3CC(=O)Nc3ccc(C(=O)[O-])cc3)c(=O)[nH]2)c1. The lowest BCUT2D eigenvalue weighted by molar-refractivity contribution is -0.255. The molecule has 1 atom stereocenters. The van der Waals surface area contributed by atoms with E-state index in [4.69, 9.17) is 4.74 Å². The number of hydrogen-bond donors (Lipinski definition) is 3. The van der Waals surface area contributed by atoms with E-state index in [1.165, 1.54) is 24.3 Å². The van der Waals surface area contributed by atoms with Crippen molar-refractivity contribution in [2.45, 2.75) is 12.3 Å². The van der Waals surface area contributed by atoms with Gasteiger partial charge in [-0.2, -0.15) is 4.98 Å². The number of amides is 2. The van der Waals surface area contributed by atoms with E-state index in [0.29, 0.717) is 21.7 Å². The number of carbonyl (C=O) groups excluding carboxylic acids is 3.